The van der Waals surface area contributed by atoms with Gasteiger partial charge in [0.2, 0.25) is 22.2 Å². The van der Waals surface area contributed by atoms with Gasteiger partial charge >= 0.3 is 0 Å². The van der Waals surface area contributed by atoms with Gasteiger partial charge in [-0.15, -0.1) is 0 Å². The summed E-state index contributed by atoms with van der Waals surface area (Å²) in [4.78, 5) is 26.2. The second kappa shape index (κ2) is 16.6. The summed E-state index contributed by atoms with van der Waals surface area (Å²) in [6.45, 7) is 14.7. The van der Waals surface area contributed by atoms with Crippen molar-refractivity contribution >= 4 is 62.1 Å². The fourth-order valence-corrected chi connectivity index (χ4v) is 8.21. The van der Waals surface area contributed by atoms with Gasteiger partial charge < -0.3 is 10.2 Å². The van der Waals surface area contributed by atoms with Crippen LogP contribution in [0.3, 0.4) is 0 Å². The molecule has 3 heterocycles. The number of rotatable bonds is 16. The van der Waals surface area contributed by atoms with E-state index in [0.29, 0.717) is 6.42 Å². The standard InChI is InChI=1S/C40H48Cl2N6O4S/c1-7-47-32-21-19-27(2)24-30(32)39(3,4)34(47)17-13-11-14-18-35-40(5,6)31-25-29(53(50,51)52)20-22-33(31)48(35)23-15-10-8-9-12-16-28(49)26-43-38-45-36(41)44-37(42)46-38/h11,13-14,17-22,24-25H,7-10,12,15-16,23,26H2,1-6H3,(H-,43,44,45,46,50,51,52)/p+1. The average Bonchev–Trinajstić information content (AvgIpc) is 3.43. The lowest BCUT2D eigenvalue weighted by Gasteiger charge is -2.25. The van der Waals surface area contributed by atoms with Crippen LogP contribution in [-0.2, 0) is 25.7 Å². The maximum Gasteiger partial charge on any atom is 0.294 e. The molecular formula is C40H49Cl2N6O4S+. The third-order valence-electron chi connectivity index (χ3n) is 10.1. The molecule has 0 fully saturated rings. The lowest BCUT2D eigenvalue weighted by atomic mass is 9.81. The van der Waals surface area contributed by atoms with E-state index < -0.39 is 15.5 Å². The Morgan fingerprint density at radius 1 is 0.906 bits per heavy atom. The minimum absolute atomic E-state index is 0.0384. The molecule has 2 aromatic carbocycles. The first-order chi connectivity index (χ1) is 25.0. The summed E-state index contributed by atoms with van der Waals surface area (Å²) in [5, 5.41) is 2.77. The van der Waals surface area contributed by atoms with Crippen LogP contribution in [0.15, 0.2) is 77.4 Å². The van der Waals surface area contributed by atoms with Crippen molar-refractivity contribution < 1.29 is 22.3 Å². The third-order valence-corrected chi connectivity index (χ3v) is 11.3. The molecule has 0 bridgehead atoms. The van der Waals surface area contributed by atoms with E-state index >= 15 is 0 Å². The second-order valence-electron chi connectivity index (χ2n) is 14.6. The molecule has 53 heavy (non-hydrogen) atoms. The van der Waals surface area contributed by atoms with E-state index in [1.165, 1.54) is 28.6 Å². The van der Waals surface area contributed by atoms with Gasteiger partial charge in [0, 0.05) is 53.9 Å². The van der Waals surface area contributed by atoms with Crippen LogP contribution in [0.2, 0.25) is 10.6 Å². The van der Waals surface area contributed by atoms with E-state index in [9.17, 15) is 17.8 Å². The summed E-state index contributed by atoms with van der Waals surface area (Å²) in [6.07, 6.45) is 15.5. The number of ketones is 1. The van der Waals surface area contributed by atoms with Crippen molar-refractivity contribution in [2.75, 3.05) is 29.9 Å². The number of nitrogens with zero attached hydrogens (tertiary/aromatic N) is 5. The second-order valence-corrected chi connectivity index (χ2v) is 16.7. The smallest absolute Gasteiger partial charge is 0.294 e. The maximum absolute atomic E-state index is 12.4. The largest absolute Gasteiger partial charge is 0.347 e. The van der Waals surface area contributed by atoms with E-state index in [1.807, 2.05) is 12.2 Å². The monoisotopic (exact) mass is 779 g/mol. The summed E-state index contributed by atoms with van der Waals surface area (Å²) < 4.78 is 36.2. The Labute approximate surface area is 323 Å². The van der Waals surface area contributed by atoms with E-state index in [0.717, 1.165) is 62.2 Å². The first-order valence-corrected chi connectivity index (χ1v) is 20.3. The van der Waals surface area contributed by atoms with Crippen LogP contribution >= 0.6 is 23.2 Å². The Morgan fingerprint density at radius 2 is 1.60 bits per heavy atom. The summed E-state index contributed by atoms with van der Waals surface area (Å²) in [6, 6.07) is 11.5. The van der Waals surface area contributed by atoms with Crippen LogP contribution in [-0.4, -0.2) is 63.6 Å². The van der Waals surface area contributed by atoms with E-state index in [2.05, 4.69) is 108 Å². The highest BCUT2D eigenvalue weighted by Gasteiger charge is 2.45. The molecule has 13 heteroatoms. The highest BCUT2D eigenvalue weighted by Crippen LogP contribution is 2.48. The van der Waals surface area contributed by atoms with Gasteiger partial charge in [-0.2, -0.15) is 27.9 Å². The van der Waals surface area contributed by atoms with E-state index in [4.69, 9.17) is 23.2 Å². The Kier molecular flexibility index (Phi) is 12.6. The molecule has 10 nitrogen and oxygen atoms in total. The summed E-state index contributed by atoms with van der Waals surface area (Å²) in [5.41, 5.74) is 7.32. The number of aromatic nitrogens is 3. The number of Topliss-reactive ketones (excluding diaryl/α,β-unsaturated/α-hetero) is 1. The number of carbonyl (C=O) groups excluding carboxylic acids is 1. The topological polar surface area (TPSA) is 128 Å². The van der Waals surface area contributed by atoms with Crippen LogP contribution in [0.4, 0.5) is 17.3 Å². The minimum atomic E-state index is -4.35. The highest BCUT2D eigenvalue weighted by atomic mass is 35.5. The fourth-order valence-electron chi connectivity index (χ4n) is 7.34. The molecule has 5 rings (SSSR count). The molecule has 0 aliphatic carbocycles. The average molecular weight is 781 g/mol. The molecule has 0 radical (unpaired) electrons. The van der Waals surface area contributed by atoms with Gasteiger partial charge in [-0.1, -0.05) is 62.6 Å². The Bertz CT molecular complexity index is 2090. The van der Waals surface area contributed by atoms with Gasteiger partial charge in [0.1, 0.15) is 6.54 Å². The minimum Gasteiger partial charge on any atom is -0.347 e. The lowest BCUT2D eigenvalue weighted by molar-refractivity contribution is -0.438. The maximum atomic E-state index is 12.4. The zero-order valence-corrected chi connectivity index (χ0v) is 33.6. The van der Waals surface area contributed by atoms with Gasteiger partial charge in [0.25, 0.3) is 10.1 Å². The normalized spacial score (nSPS) is 17.0. The molecule has 2 N–H and O–H groups in total. The van der Waals surface area contributed by atoms with Crippen LogP contribution < -0.4 is 10.2 Å². The summed E-state index contributed by atoms with van der Waals surface area (Å²) >= 11 is 11.6. The zero-order chi connectivity index (χ0) is 38.6. The molecule has 0 saturated heterocycles. The third kappa shape index (κ3) is 9.25. The van der Waals surface area contributed by atoms with E-state index in [-0.39, 0.29) is 39.2 Å². The predicted octanol–water partition coefficient (Wildman–Crippen LogP) is 8.95. The molecule has 0 unspecified atom stereocenters. The lowest BCUT2D eigenvalue weighted by Crippen LogP contribution is -2.28. The van der Waals surface area contributed by atoms with Crippen LogP contribution in [0.25, 0.3) is 0 Å². The number of unbranched alkanes of at least 4 members (excludes halogenated alkanes) is 4. The molecule has 0 saturated carbocycles. The number of anilines is 2. The Morgan fingerprint density at radius 3 is 2.30 bits per heavy atom. The van der Waals surface area contributed by atoms with Crippen molar-refractivity contribution in [2.45, 2.75) is 95.8 Å². The summed E-state index contributed by atoms with van der Waals surface area (Å²) in [7, 11) is -4.35. The number of hydrogen-bond donors (Lipinski definition) is 2. The molecule has 2 aliphatic rings. The molecular weight excluding hydrogens is 731 g/mol. The number of benzene rings is 2. The Hall–Kier alpha value is -3.90. The summed E-state index contributed by atoms with van der Waals surface area (Å²) in [5.74, 6) is 0.213. The van der Waals surface area contributed by atoms with Gasteiger partial charge in [-0.3, -0.25) is 9.35 Å². The molecule has 282 valence electrons. The predicted molar refractivity (Wildman–Crippen MR) is 214 cm³/mol. The number of likely N-dealkylation sites (N-methyl/N-ethyl adjacent to an activating group) is 1. The quantitative estimate of drug-likeness (QED) is 0.0634. The zero-order valence-electron chi connectivity index (χ0n) is 31.3. The van der Waals surface area contributed by atoms with Crippen molar-refractivity contribution in [3.63, 3.8) is 0 Å². The number of allylic oxidation sites excluding steroid dienone is 6. The number of hydrogen-bond acceptors (Lipinski definition) is 8. The molecule has 0 spiro atoms. The molecule has 2 aliphatic heterocycles. The highest BCUT2D eigenvalue weighted by molar-refractivity contribution is 7.85. The molecule has 0 amide bonds. The molecule has 0 atom stereocenters. The van der Waals surface area contributed by atoms with Crippen molar-refractivity contribution in [2.24, 2.45) is 0 Å². The van der Waals surface area contributed by atoms with Crippen molar-refractivity contribution in [1.82, 2.24) is 15.0 Å². The van der Waals surface area contributed by atoms with Crippen LogP contribution in [0, 0.1) is 6.92 Å². The van der Waals surface area contributed by atoms with Crippen molar-refractivity contribution in [3.05, 3.63) is 99.7 Å². The number of fused-ring (bicyclic) bond motifs is 2. The number of halogens is 2. The van der Waals surface area contributed by atoms with Gasteiger partial charge in [0.15, 0.2) is 11.5 Å². The molecule has 1 aromatic heterocycles. The van der Waals surface area contributed by atoms with Gasteiger partial charge in [-0.05, 0) is 93.6 Å². The van der Waals surface area contributed by atoms with Gasteiger partial charge in [-0.25, -0.2) is 0 Å². The SMILES string of the molecule is CCN1C(=CC=CC=CC2=[N+](CCCCCCCC(=O)CNc3nc(Cl)nc(Cl)n3)c3ccc(S(=O)(=O)O)cc3C2(C)C)C(C)(C)c2cc(C)ccc21. The number of aryl methyl sites for hydroxylation is 1. The number of nitrogens with one attached hydrogen (secondary N) is 1. The fraction of sp³-hybridized carbons (Fsp3) is 0.425. The number of carbonyl (C=O) groups is 1. The van der Waals surface area contributed by atoms with E-state index in [1.54, 1.807) is 12.1 Å². The van der Waals surface area contributed by atoms with Gasteiger partial charge in [0.05, 0.1) is 16.9 Å². The first kappa shape index (κ1) is 40.3. The molecule has 3 aromatic rings. The van der Waals surface area contributed by atoms with Crippen LogP contribution in [0.1, 0.15) is 89.8 Å². The Balaban J connectivity index is 1.24. The van der Waals surface area contributed by atoms with Crippen molar-refractivity contribution in [3.8, 4) is 0 Å². The van der Waals surface area contributed by atoms with Crippen molar-refractivity contribution in [1.29, 1.82) is 0 Å². The van der Waals surface area contributed by atoms with Crippen LogP contribution in [0.5, 0.6) is 0 Å². The first-order valence-electron chi connectivity index (χ1n) is 18.1.